The predicted octanol–water partition coefficient (Wildman–Crippen LogP) is 2.55. The second kappa shape index (κ2) is 7.01. The van der Waals surface area contributed by atoms with Crippen LogP contribution in [-0.2, 0) is 14.4 Å². The maximum atomic E-state index is 14.1. The Labute approximate surface area is 143 Å². The molecular weight excluding hydrogens is 370 g/mol. The molecule has 0 aliphatic carbocycles. The largest absolute Gasteiger partial charge is 0.339 e. The molecule has 25 heavy (non-hydrogen) atoms. The van der Waals surface area contributed by atoms with Crippen LogP contribution in [0.1, 0.15) is 5.56 Å². The minimum absolute atomic E-state index is 0.129. The number of amides is 3. The molecule has 0 saturated carbocycles. The van der Waals surface area contributed by atoms with Crippen LogP contribution in [0.3, 0.4) is 0 Å². The zero-order valence-electron chi connectivity index (χ0n) is 12.4. The third kappa shape index (κ3) is 3.25. The fraction of sp³-hybridized carbons (Fsp3) is 0.143. The maximum Gasteiger partial charge on any atom is 0.339 e. The van der Waals surface area contributed by atoms with Gasteiger partial charge < -0.3 is 0 Å². The van der Waals surface area contributed by atoms with E-state index in [2.05, 4.69) is 4.99 Å². The molecule has 2 heterocycles. The summed E-state index contributed by atoms with van der Waals surface area (Å²) in [4.78, 5) is 39.2. The van der Waals surface area contributed by atoms with Crippen molar-refractivity contribution in [2.45, 2.75) is 6.92 Å². The van der Waals surface area contributed by atoms with E-state index in [0.29, 0.717) is 21.4 Å². The summed E-state index contributed by atoms with van der Waals surface area (Å²) in [6.07, 6.45) is 0.471. The minimum atomic E-state index is -1.75. The molecule has 1 aromatic carbocycles. The van der Waals surface area contributed by atoms with Crippen LogP contribution in [0, 0.1) is 12.7 Å². The van der Waals surface area contributed by atoms with Gasteiger partial charge in [0.1, 0.15) is 5.82 Å². The SMILES string of the molecule is Cc1cc(N2C(=O)C=C(F)N3C(=O)C(=O)N=C32)c(F)cc1Cl.FCF. The Balaban J connectivity index is 0.000000701. The summed E-state index contributed by atoms with van der Waals surface area (Å²) < 4.78 is 47.1. The van der Waals surface area contributed by atoms with Crippen LogP contribution >= 0.6 is 11.6 Å². The number of guanidine groups is 1. The molecule has 0 spiro atoms. The van der Waals surface area contributed by atoms with Gasteiger partial charge in [-0.25, -0.2) is 23.0 Å². The first kappa shape index (κ1) is 18.6. The molecule has 0 unspecified atom stereocenters. The van der Waals surface area contributed by atoms with Crippen LogP contribution in [0.5, 0.6) is 0 Å². The summed E-state index contributed by atoms with van der Waals surface area (Å²) in [5.74, 6) is -6.20. The molecule has 0 radical (unpaired) electrons. The Kier molecular flexibility index (Phi) is 5.21. The molecule has 0 atom stereocenters. The van der Waals surface area contributed by atoms with Crippen LogP contribution in [0.15, 0.2) is 29.2 Å². The van der Waals surface area contributed by atoms with Crippen molar-refractivity contribution in [3.63, 3.8) is 0 Å². The average molecular weight is 378 g/mol. The molecule has 0 aromatic heterocycles. The first-order valence-corrected chi connectivity index (χ1v) is 6.86. The molecule has 132 valence electrons. The van der Waals surface area contributed by atoms with Crippen molar-refractivity contribution in [1.29, 1.82) is 0 Å². The molecule has 0 saturated heterocycles. The number of fused-ring (bicyclic) bond motifs is 1. The summed E-state index contributed by atoms with van der Waals surface area (Å²) in [5, 5.41) is 0.129. The summed E-state index contributed by atoms with van der Waals surface area (Å²) in [6, 6.07) is 2.21. The van der Waals surface area contributed by atoms with Crippen molar-refractivity contribution in [2.75, 3.05) is 11.8 Å². The van der Waals surface area contributed by atoms with E-state index in [1.807, 2.05) is 0 Å². The standard InChI is InChI=1S/C13H6ClF2N3O3.CH2F2/c1-5-2-8(7(15)3-6(5)14)18-10(20)4-9(16)19-12(22)11(21)17-13(18)19;2-1-3/h2-4H,1H3;1H2. The van der Waals surface area contributed by atoms with Gasteiger partial charge >= 0.3 is 11.8 Å². The second-order valence-electron chi connectivity index (χ2n) is 4.65. The van der Waals surface area contributed by atoms with Gasteiger partial charge in [0.05, 0.1) is 11.8 Å². The van der Waals surface area contributed by atoms with Gasteiger partial charge in [-0.1, -0.05) is 11.6 Å². The van der Waals surface area contributed by atoms with Crippen molar-refractivity contribution < 1.29 is 31.9 Å². The van der Waals surface area contributed by atoms with Crippen LogP contribution in [0.25, 0.3) is 0 Å². The van der Waals surface area contributed by atoms with E-state index in [0.717, 1.165) is 6.07 Å². The Morgan fingerprint density at radius 1 is 1.12 bits per heavy atom. The number of hydrogen-bond acceptors (Lipinski definition) is 3. The van der Waals surface area contributed by atoms with E-state index in [1.165, 1.54) is 6.07 Å². The molecule has 11 heteroatoms. The molecule has 3 rings (SSSR count). The lowest BCUT2D eigenvalue weighted by atomic mass is 10.2. The Morgan fingerprint density at radius 2 is 1.72 bits per heavy atom. The highest BCUT2D eigenvalue weighted by Gasteiger charge is 2.45. The number of alkyl halides is 2. The number of anilines is 1. The Bertz CT molecular complexity index is 841. The van der Waals surface area contributed by atoms with Crippen LogP contribution < -0.4 is 4.90 Å². The molecule has 6 nitrogen and oxygen atoms in total. The number of aryl methyl sites for hydroxylation is 1. The van der Waals surface area contributed by atoms with E-state index in [9.17, 15) is 31.9 Å². The van der Waals surface area contributed by atoms with Gasteiger partial charge in [-0.05, 0) is 24.6 Å². The molecule has 0 bridgehead atoms. The molecule has 0 fully saturated rings. The number of rotatable bonds is 1. The highest BCUT2D eigenvalue weighted by Crippen LogP contribution is 2.31. The molecule has 0 N–H and O–H groups in total. The van der Waals surface area contributed by atoms with Gasteiger partial charge in [-0.3, -0.25) is 14.4 Å². The van der Waals surface area contributed by atoms with Crippen molar-refractivity contribution in [3.05, 3.63) is 40.6 Å². The summed E-state index contributed by atoms with van der Waals surface area (Å²) >= 11 is 5.78. The number of carbonyl (C=O) groups excluding carboxylic acids is 3. The monoisotopic (exact) mass is 377 g/mol. The summed E-state index contributed by atoms with van der Waals surface area (Å²) in [6.45, 7) is -0.180. The topological polar surface area (TPSA) is 70.1 Å². The first-order valence-electron chi connectivity index (χ1n) is 6.48. The van der Waals surface area contributed by atoms with Gasteiger partial charge in [0.15, 0.2) is 0 Å². The Morgan fingerprint density at radius 3 is 2.32 bits per heavy atom. The first-order chi connectivity index (χ1) is 11.7. The number of aliphatic imine (C=N–C) groups is 1. The number of benzene rings is 1. The summed E-state index contributed by atoms with van der Waals surface area (Å²) in [5.41, 5.74) is 0.158. The minimum Gasteiger partial charge on any atom is -0.269 e. The van der Waals surface area contributed by atoms with Gasteiger partial charge in [-0.2, -0.15) is 9.38 Å². The highest BCUT2D eigenvalue weighted by atomic mass is 35.5. The fourth-order valence-corrected chi connectivity index (χ4v) is 2.24. The maximum absolute atomic E-state index is 14.1. The van der Waals surface area contributed by atoms with Gasteiger partial charge in [0.25, 0.3) is 5.91 Å². The van der Waals surface area contributed by atoms with Crippen molar-refractivity contribution in [1.82, 2.24) is 4.90 Å². The van der Waals surface area contributed by atoms with Gasteiger partial charge in [-0.15, -0.1) is 0 Å². The lowest BCUT2D eigenvalue weighted by Gasteiger charge is -2.29. The predicted molar refractivity (Wildman–Crippen MR) is 79.2 cm³/mol. The fourth-order valence-electron chi connectivity index (χ4n) is 2.09. The quantitative estimate of drug-likeness (QED) is 0.429. The normalized spacial score (nSPS) is 16.3. The van der Waals surface area contributed by atoms with Crippen molar-refractivity contribution in [3.8, 4) is 0 Å². The molecule has 2 aliphatic heterocycles. The zero-order valence-corrected chi connectivity index (χ0v) is 13.2. The Hall–Kier alpha value is -2.75. The molecule has 3 amide bonds. The smallest absolute Gasteiger partial charge is 0.269 e. The number of carbonyl (C=O) groups is 3. The average Bonchev–Trinajstić information content (AvgIpc) is 2.81. The molecule has 2 aliphatic rings. The summed E-state index contributed by atoms with van der Waals surface area (Å²) in [7, 11) is 0. The van der Waals surface area contributed by atoms with Crippen molar-refractivity contribution in [2.24, 2.45) is 4.99 Å². The van der Waals surface area contributed by atoms with E-state index < -0.39 is 42.4 Å². The van der Waals surface area contributed by atoms with Crippen LogP contribution in [0.4, 0.5) is 23.2 Å². The third-order valence-electron chi connectivity index (χ3n) is 3.13. The third-order valence-corrected chi connectivity index (χ3v) is 3.54. The van der Waals surface area contributed by atoms with Crippen molar-refractivity contribution >= 4 is 41.0 Å². The highest BCUT2D eigenvalue weighted by molar-refractivity contribution is 6.48. The van der Waals surface area contributed by atoms with E-state index in [4.69, 9.17) is 11.6 Å². The van der Waals surface area contributed by atoms with Gasteiger partial charge in [0.2, 0.25) is 18.8 Å². The molecular formula is C14H8ClF4N3O3. The lowest BCUT2D eigenvalue weighted by molar-refractivity contribution is -0.139. The number of halogens is 5. The zero-order chi connectivity index (χ0) is 18.9. The molecule has 1 aromatic rings. The van der Waals surface area contributed by atoms with E-state index in [1.54, 1.807) is 6.92 Å². The van der Waals surface area contributed by atoms with E-state index in [-0.39, 0.29) is 10.7 Å². The number of hydrogen-bond donors (Lipinski definition) is 0. The van der Waals surface area contributed by atoms with Crippen LogP contribution in [-0.4, -0.2) is 35.5 Å². The van der Waals surface area contributed by atoms with Gasteiger partial charge in [0, 0.05) is 5.02 Å². The lowest BCUT2D eigenvalue weighted by Crippen LogP contribution is -2.49. The van der Waals surface area contributed by atoms with E-state index >= 15 is 0 Å². The number of nitrogens with zero attached hydrogens (tertiary/aromatic N) is 3. The van der Waals surface area contributed by atoms with Crippen LogP contribution in [0.2, 0.25) is 5.02 Å². The second-order valence-corrected chi connectivity index (χ2v) is 5.06.